The molecule has 12 rings (SSSR count). The first-order valence-electron chi connectivity index (χ1n) is 21.6. The molecular formula is C54H39N3OS2Si. The number of benzene rings is 7. The van der Waals surface area contributed by atoms with E-state index in [-0.39, 0.29) is 0 Å². The minimum absolute atomic E-state index is 0.461. The van der Waals surface area contributed by atoms with Crippen LogP contribution >= 0.6 is 22.7 Å². The molecule has 0 spiro atoms. The van der Waals surface area contributed by atoms with Gasteiger partial charge in [-0.1, -0.05) is 146 Å². The molecule has 7 heteroatoms. The second-order valence-corrected chi connectivity index (χ2v) is 21.4. The van der Waals surface area contributed by atoms with E-state index in [1.165, 1.54) is 26.9 Å². The fourth-order valence-electron chi connectivity index (χ4n) is 9.87. The number of thiophene rings is 2. The molecule has 61 heavy (non-hydrogen) atoms. The molecule has 0 saturated heterocycles. The van der Waals surface area contributed by atoms with Crippen LogP contribution in [0.1, 0.15) is 23.6 Å². The number of ether oxygens (including phenoxy) is 1. The van der Waals surface area contributed by atoms with Gasteiger partial charge in [-0.3, -0.25) is 8.97 Å². The largest absolute Gasteiger partial charge is 0.457 e. The molecule has 0 aliphatic carbocycles. The van der Waals surface area contributed by atoms with Gasteiger partial charge in [0.2, 0.25) is 5.78 Å². The number of hydrogen-bond acceptors (Lipinski definition) is 4. The van der Waals surface area contributed by atoms with Crippen LogP contribution < -0.4 is 25.5 Å². The molecule has 4 nitrogen and oxygen atoms in total. The molecule has 1 aliphatic heterocycles. The summed E-state index contributed by atoms with van der Waals surface area (Å²) in [6.07, 6.45) is -1.36. The molecule has 0 radical (unpaired) electrons. The van der Waals surface area contributed by atoms with Crippen LogP contribution in [0.25, 0.3) is 33.5 Å². The van der Waals surface area contributed by atoms with Crippen LogP contribution in [-0.4, -0.2) is 22.0 Å². The first kappa shape index (κ1) is 34.0. The number of imidazole rings is 2. The van der Waals surface area contributed by atoms with Crippen molar-refractivity contribution in [2.75, 3.05) is 0 Å². The lowest BCUT2D eigenvalue weighted by Gasteiger charge is -2.43. The van der Waals surface area contributed by atoms with E-state index >= 15 is 0 Å². The second-order valence-electron chi connectivity index (χ2n) is 15.6. The lowest BCUT2D eigenvalue weighted by atomic mass is 9.67. The highest BCUT2D eigenvalue weighted by Crippen LogP contribution is 2.52. The van der Waals surface area contributed by atoms with Gasteiger partial charge in [-0.2, -0.15) is 0 Å². The first-order valence-corrected chi connectivity index (χ1v) is 24.3. The van der Waals surface area contributed by atoms with E-state index in [9.17, 15) is 2.74 Å². The Kier molecular flexibility index (Phi) is 8.05. The number of nitrogens with zero attached hydrogens (tertiary/aromatic N) is 3. The van der Waals surface area contributed by atoms with E-state index in [1.54, 1.807) is 11.3 Å². The third-order valence-corrected chi connectivity index (χ3v) is 18.8. The molecule has 0 amide bonds. The van der Waals surface area contributed by atoms with Gasteiger partial charge in [0.25, 0.3) is 0 Å². The van der Waals surface area contributed by atoms with E-state index < -0.39 is 19.9 Å². The van der Waals surface area contributed by atoms with Crippen LogP contribution in [0, 0.1) is 0 Å². The molecule has 0 N–H and O–H groups in total. The number of hydrogen-bond donors (Lipinski definition) is 0. The van der Waals surface area contributed by atoms with E-state index in [4.69, 9.17) is 9.72 Å². The van der Waals surface area contributed by atoms with E-state index in [0.717, 1.165) is 60.5 Å². The molecule has 4 aromatic heterocycles. The van der Waals surface area contributed by atoms with E-state index in [2.05, 4.69) is 178 Å². The quantitative estimate of drug-likeness (QED) is 0.107. The third-order valence-electron chi connectivity index (χ3n) is 12.4. The fraction of sp³-hybridized carbons (Fsp3) is 0.0556. The summed E-state index contributed by atoms with van der Waals surface area (Å²) in [7, 11) is -3.36. The summed E-state index contributed by atoms with van der Waals surface area (Å²) in [6.45, 7) is 0. The highest BCUT2D eigenvalue weighted by atomic mass is 32.1. The average Bonchev–Trinajstić information content (AvgIpc) is 4.17. The van der Waals surface area contributed by atoms with Crippen molar-refractivity contribution in [2.24, 2.45) is 0 Å². The zero-order valence-corrected chi connectivity index (χ0v) is 35.6. The monoisotopic (exact) mass is 839 g/mol. The van der Waals surface area contributed by atoms with Gasteiger partial charge >= 0.3 is 0 Å². The topological polar surface area (TPSA) is 31.5 Å². The van der Waals surface area contributed by atoms with Gasteiger partial charge in [-0.15, -0.1) is 22.7 Å². The lowest BCUT2D eigenvalue weighted by Crippen LogP contribution is -2.75. The zero-order valence-electron chi connectivity index (χ0n) is 35.0. The molecule has 1 aliphatic rings. The first-order chi connectivity index (χ1) is 31.0. The van der Waals surface area contributed by atoms with Crippen LogP contribution in [0.3, 0.4) is 0 Å². The van der Waals surface area contributed by atoms with Crippen LogP contribution in [0.5, 0.6) is 11.5 Å². The van der Waals surface area contributed by atoms with Crippen molar-refractivity contribution >= 4 is 79.3 Å². The van der Waals surface area contributed by atoms with Gasteiger partial charge in [0.1, 0.15) is 11.5 Å². The highest BCUT2D eigenvalue weighted by Gasteiger charge is 2.49. The Bertz CT molecular complexity index is 3420. The highest BCUT2D eigenvalue weighted by molar-refractivity contribution is 7.20. The molecular weight excluding hydrogens is 799 g/mol. The van der Waals surface area contributed by atoms with Crippen molar-refractivity contribution in [3.05, 3.63) is 232 Å². The van der Waals surface area contributed by atoms with Crippen molar-refractivity contribution in [1.29, 1.82) is 0 Å². The Balaban J connectivity index is 1.19. The summed E-state index contributed by atoms with van der Waals surface area (Å²) >= 11 is 3.15. The number of rotatable bonds is 9. The molecule has 5 heterocycles. The number of aromatic nitrogens is 3. The van der Waals surface area contributed by atoms with Crippen molar-refractivity contribution in [3.63, 3.8) is 0 Å². The summed E-state index contributed by atoms with van der Waals surface area (Å²) in [6, 6.07) is 70.6. The maximum absolute atomic E-state index is 10.4. The van der Waals surface area contributed by atoms with Crippen molar-refractivity contribution in [2.45, 2.75) is 18.2 Å². The van der Waals surface area contributed by atoms with E-state index in [1.807, 2.05) is 41.8 Å². The Morgan fingerprint density at radius 2 is 1.18 bits per heavy atom. The van der Waals surface area contributed by atoms with Gasteiger partial charge in [0.15, 0.2) is 8.07 Å². The summed E-state index contributed by atoms with van der Waals surface area (Å²) < 4.78 is 32.8. The Hall–Kier alpha value is -6.77. The molecule has 7 aromatic carbocycles. The normalized spacial score (nSPS) is 15.6. The Morgan fingerprint density at radius 3 is 1.93 bits per heavy atom. The van der Waals surface area contributed by atoms with Gasteiger partial charge in [-0.05, 0) is 98.9 Å². The lowest BCUT2D eigenvalue weighted by molar-refractivity contribution is 0.390. The summed E-state index contributed by atoms with van der Waals surface area (Å²) in [5.41, 5.74) is 5.75. The second kappa shape index (κ2) is 14.5. The molecule has 292 valence electrons. The van der Waals surface area contributed by atoms with Crippen molar-refractivity contribution in [3.8, 4) is 17.2 Å². The predicted molar refractivity (Wildman–Crippen MR) is 256 cm³/mol. The maximum atomic E-state index is 10.4. The average molecular weight is 840 g/mol. The summed E-state index contributed by atoms with van der Waals surface area (Å²) in [5, 5.41) is 8.71. The molecule has 11 aromatic rings. The number of para-hydroxylation sites is 6. The van der Waals surface area contributed by atoms with Crippen LogP contribution in [0.4, 0.5) is 0 Å². The smallest absolute Gasteiger partial charge is 0.220 e. The fourth-order valence-corrected chi connectivity index (χ4v) is 16.3. The minimum Gasteiger partial charge on any atom is -0.457 e. The Morgan fingerprint density at radius 1 is 0.557 bits per heavy atom. The van der Waals surface area contributed by atoms with Crippen LogP contribution in [0.2, 0.25) is 0 Å². The Labute approximate surface area is 366 Å². The maximum Gasteiger partial charge on any atom is 0.220 e. The third kappa shape index (κ3) is 5.58. The predicted octanol–water partition coefficient (Wildman–Crippen LogP) is 10.8. The number of fused-ring (bicyclic) bond motifs is 7. The van der Waals surface area contributed by atoms with Gasteiger partial charge < -0.3 is 4.74 Å². The molecule has 1 unspecified atom stereocenters. The van der Waals surface area contributed by atoms with Crippen molar-refractivity contribution < 1.29 is 7.48 Å². The summed E-state index contributed by atoms with van der Waals surface area (Å²) in [4.78, 5) is 7.05. The summed E-state index contributed by atoms with van der Waals surface area (Å²) in [5.74, 6) is 2.26. The SMILES string of the molecule is [2H]C([2H])(c1cccs1)C1(Cc2cccs2)c2ccccc2Oc2c1cccc2[Si](c1ccccc1)(c1ccccc1)c1cccc(-n2c3ccccc3n3c4ccccc4nc23)c1. The van der Waals surface area contributed by atoms with Gasteiger partial charge in [-0.25, -0.2) is 4.98 Å². The van der Waals surface area contributed by atoms with E-state index in [0.29, 0.717) is 17.0 Å². The standard InChI is InChI=1S/C54H39N3OS2Si/c1-3-20-41(21-4-1)61(42-22-5-2-6-23-42,43-24-13-17-38(35-43)56-48-29-10-11-30-49(48)57-47-28-9-8-27-46(47)55-53(56)57)51-32-14-26-45-52(51)58-50-31-12-7-25-44(50)54(45,36-39-18-15-33-59-39)37-40-19-16-34-60-40/h1-35H,36-37H2/i36D2. The van der Waals surface area contributed by atoms with Gasteiger partial charge in [0.05, 0.1) is 22.1 Å². The molecule has 0 bridgehead atoms. The zero-order chi connectivity index (χ0) is 42.2. The molecule has 0 fully saturated rings. The van der Waals surface area contributed by atoms with Crippen LogP contribution in [0.15, 0.2) is 211 Å². The van der Waals surface area contributed by atoms with Crippen LogP contribution in [-0.2, 0) is 18.2 Å². The molecule has 1 atom stereocenters. The van der Waals surface area contributed by atoms with Crippen molar-refractivity contribution in [1.82, 2.24) is 14.0 Å². The minimum atomic E-state index is -3.36. The molecule has 0 saturated carbocycles. The van der Waals surface area contributed by atoms with Gasteiger partial charge in [0, 0.05) is 34.7 Å².